The number of halogens is 1. The summed E-state index contributed by atoms with van der Waals surface area (Å²) in [6, 6.07) is 0. The summed E-state index contributed by atoms with van der Waals surface area (Å²) in [5, 5.41) is 0. The number of carbonyl (C=O) groups is 1. The van der Waals surface area contributed by atoms with Gasteiger partial charge in [-0.2, -0.15) is 0 Å². The van der Waals surface area contributed by atoms with E-state index in [-0.39, 0.29) is 9.96 Å². The molecule has 9 heavy (non-hydrogen) atoms. The van der Waals surface area contributed by atoms with Crippen molar-refractivity contribution in [1.82, 2.24) is 4.90 Å². The van der Waals surface area contributed by atoms with Gasteiger partial charge in [-0.05, 0) is 13.3 Å². The van der Waals surface area contributed by atoms with Crippen LogP contribution in [0, 0.1) is 6.92 Å². The van der Waals surface area contributed by atoms with Crippen molar-refractivity contribution >= 4 is 28.5 Å². The minimum Gasteiger partial charge on any atom is -0.331 e. The first kappa shape index (κ1) is 7.31. The molecule has 1 radical (unpaired) electrons. The van der Waals surface area contributed by atoms with Gasteiger partial charge >= 0.3 is 0 Å². The maximum atomic E-state index is 10.9. The summed E-state index contributed by atoms with van der Waals surface area (Å²) in [6.45, 7) is 4.66. The molecule has 1 heterocycles. The van der Waals surface area contributed by atoms with Gasteiger partial charge in [0.25, 0.3) is 0 Å². The van der Waals surface area contributed by atoms with Crippen LogP contribution in [0.1, 0.15) is 12.8 Å². The van der Waals surface area contributed by atoms with Gasteiger partial charge in [-0.3, -0.25) is 4.79 Å². The second kappa shape index (κ2) is 2.86. The van der Waals surface area contributed by atoms with Crippen LogP contribution in [-0.4, -0.2) is 21.4 Å². The standard InChI is InChI=1S/C6H9INO/c1-5(7)8-4-2-3-6(8)9/h5H,1-4H2. The molecule has 1 unspecified atom stereocenters. The zero-order valence-corrected chi connectivity index (χ0v) is 7.30. The number of hydrogen-bond donors (Lipinski definition) is 0. The van der Waals surface area contributed by atoms with E-state index in [4.69, 9.17) is 0 Å². The molecule has 1 aliphatic rings. The van der Waals surface area contributed by atoms with Crippen molar-refractivity contribution in [2.45, 2.75) is 16.9 Å². The Morgan fingerprint density at radius 2 is 2.44 bits per heavy atom. The van der Waals surface area contributed by atoms with Crippen molar-refractivity contribution < 1.29 is 4.79 Å². The molecule has 51 valence electrons. The maximum absolute atomic E-state index is 10.9. The summed E-state index contributed by atoms with van der Waals surface area (Å²) in [5.41, 5.74) is 0. The third kappa shape index (κ3) is 1.56. The van der Waals surface area contributed by atoms with E-state index < -0.39 is 0 Å². The van der Waals surface area contributed by atoms with Crippen LogP contribution in [0.5, 0.6) is 0 Å². The lowest BCUT2D eigenvalue weighted by Gasteiger charge is -2.17. The van der Waals surface area contributed by atoms with E-state index >= 15 is 0 Å². The Morgan fingerprint density at radius 1 is 1.78 bits per heavy atom. The van der Waals surface area contributed by atoms with Crippen LogP contribution < -0.4 is 0 Å². The van der Waals surface area contributed by atoms with Gasteiger partial charge < -0.3 is 4.90 Å². The average Bonchev–Trinajstić information content (AvgIpc) is 2.13. The van der Waals surface area contributed by atoms with Gasteiger partial charge in [0.05, 0.1) is 4.05 Å². The summed E-state index contributed by atoms with van der Waals surface area (Å²) in [7, 11) is 0. The normalized spacial score (nSPS) is 22.9. The van der Waals surface area contributed by atoms with Crippen LogP contribution >= 0.6 is 22.6 Å². The fourth-order valence-corrected chi connectivity index (χ4v) is 1.55. The Hall–Kier alpha value is 0.200. The third-order valence-electron chi connectivity index (χ3n) is 1.45. The van der Waals surface area contributed by atoms with Gasteiger partial charge in [-0.1, -0.05) is 22.6 Å². The first-order chi connectivity index (χ1) is 4.22. The van der Waals surface area contributed by atoms with Crippen LogP contribution in [0.15, 0.2) is 0 Å². The van der Waals surface area contributed by atoms with Gasteiger partial charge in [-0.25, -0.2) is 0 Å². The number of carbonyl (C=O) groups excluding carboxylic acids is 1. The van der Waals surface area contributed by atoms with E-state index in [0.717, 1.165) is 19.4 Å². The Labute approximate surface area is 68.7 Å². The second-order valence-electron chi connectivity index (χ2n) is 2.13. The van der Waals surface area contributed by atoms with E-state index in [2.05, 4.69) is 29.5 Å². The van der Waals surface area contributed by atoms with Crippen molar-refractivity contribution in [2.24, 2.45) is 0 Å². The predicted octanol–water partition coefficient (Wildman–Crippen LogP) is 1.20. The van der Waals surface area contributed by atoms with Gasteiger partial charge in [0, 0.05) is 13.0 Å². The third-order valence-corrected chi connectivity index (χ3v) is 2.12. The van der Waals surface area contributed by atoms with Crippen molar-refractivity contribution in [3.63, 3.8) is 0 Å². The van der Waals surface area contributed by atoms with Gasteiger partial charge in [0.2, 0.25) is 5.91 Å². The molecule has 0 spiro atoms. The maximum Gasteiger partial charge on any atom is 0.223 e. The van der Waals surface area contributed by atoms with Crippen LogP contribution in [0.25, 0.3) is 0 Å². The van der Waals surface area contributed by atoms with Gasteiger partial charge in [0.1, 0.15) is 0 Å². The Kier molecular flexibility index (Phi) is 2.32. The van der Waals surface area contributed by atoms with Crippen LogP contribution in [-0.2, 0) is 4.79 Å². The molecular weight excluding hydrogens is 229 g/mol. The smallest absolute Gasteiger partial charge is 0.223 e. The molecule has 1 saturated heterocycles. The molecule has 0 aromatic carbocycles. The molecular formula is C6H9INO. The zero-order chi connectivity index (χ0) is 6.85. The summed E-state index contributed by atoms with van der Waals surface area (Å²) >= 11 is 2.15. The van der Waals surface area contributed by atoms with Crippen LogP contribution in [0.4, 0.5) is 0 Å². The predicted molar refractivity (Wildman–Crippen MR) is 44.1 cm³/mol. The highest BCUT2D eigenvalue weighted by atomic mass is 127. The first-order valence-electron chi connectivity index (χ1n) is 2.98. The molecule has 3 heteroatoms. The summed E-state index contributed by atoms with van der Waals surface area (Å²) in [5.74, 6) is 0.254. The largest absolute Gasteiger partial charge is 0.331 e. The van der Waals surface area contributed by atoms with Crippen molar-refractivity contribution in [3.05, 3.63) is 6.92 Å². The molecule has 1 fully saturated rings. The molecule has 2 nitrogen and oxygen atoms in total. The minimum absolute atomic E-state index is 0.123. The van der Waals surface area contributed by atoms with E-state index in [9.17, 15) is 4.79 Å². The molecule has 0 saturated carbocycles. The number of nitrogens with zero attached hydrogens (tertiary/aromatic N) is 1. The number of rotatable bonds is 1. The van der Waals surface area contributed by atoms with E-state index in [1.807, 2.05) is 0 Å². The topological polar surface area (TPSA) is 20.3 Å². The molecule has 0 aromatic rings. The summed E-state index contributed by atoms with van der Waals surface area (Å²) < 4.78 is 0.123. The van der Waals surface area contributed by atoms with Gasteiger partial charge in [0.15, 0.2) is 0 Å². The highest BCUT2D eigenvalue weighted by molar-refractivity contribution is 14.1. The van der Waals surface area contributed by atoms with Crippen LogP contribution in [0.3, 0.4) is 0 Å². The van der Waals surface area contributed by atoms with E-state index in [0.29, 0.717) is 0 Å². The Balaban J connectivity index is 2.49. The molecule has 1 atom stereocenters. The molecule has 0 aliphatic carbocycles. The molecule has 0 aromatic heterocycles. The monoisotopic (exact) mass is 238 g/mol. The SMILES string of the molecule is [CH2]C(I)N1CCCC1=O. The Bertz CT molecular complexity index is 124. The van der Waals surface area contributed by atoms with E-state index in [1.165, 1.54) is 0 Å². The fourth-order valence-electron chi connectivity index (χ4n) is 0.965. The van der Waals surface area contributed by atoms with Crippen LogP contribution in [0.2, 0.25) is 0 Å². The number of hydrogen-bond acceptors (Lipinski definition) is 1. The lowest BCUT2D eigenvalue weighted by molar-refractivity contribution is -0.127. The highest BCUT2D eigenvalue weighted by Crippen LogP contribution is 2.16. The Morgan fingerprint density at radius 3 is 2.67 bits per heavy atom. The zero-order valence-electron chi connectivity index (χ0n) is 5.14. The first-order valence-corrected chi connectivity index (χ1v) is 4.23. The lowest BCUT2D eigenvalue weighted by Crippen LogP contribution is -2.29. The molecule has 1 aliphatic heterocycles. The van der Waals surface area contributed by atoms with Gasteiger partial charge in [-0.15, -0.1) is 0 Å². The molecule has 1 rings (SSSR count). The highest BCUT2D eigenvalue weighted by Gasteiger charge is 2.22. The molecule has 1 amide bonds. The van der Waals surface area contributed by atoms with Crippen molar-refractivity contribution in [3.8, 4) is 0 Å². The summed E-state index contributed by atoms with van der Waals surface area (Å²) in [6.07, 6.45) is 1.73. The summed E-state index contributed by atoms with van der Waals surface area (Å²) in [4.78, 5) is 12.7. The minimum atomic E-state index is 0.123. The van der Waals surface area contributed by atoms with Crippen molar-refractivity contribution in [2.75, 3.05) is 6.54 Å². The number of alkyl halides is 1. The average molecular weight is 238 g/mol. The second-order valence-corrected chi connectivity index (χ2v) is 3.56. The molecule has 0 bridgehead atoms. The number of likely N-dealkylation sites (tertiary alicyclic amines) is 1. The van der Waals surface area contributed by atoms with Crippen molar-refractivity contribution in [1.29, 1.82) is 0 Å². The molecule has 0 N–H and O–H groups in total. The van der Waals surface area contributed by atoms with E-state index in [1.54, 1.807) is 4.90 Å². The number of amides is 1. The fraction of sp³-hybridized carbons (Fsp3) is 0.667. The quantitative estimate of drug-likeness (QED) is 0.382. The lowest BCUT2D eigenvalue weighted by atomic mass is 10.4.